The van der Waals surface area contributed by atoms with Gasteiger partial charge in [0.05, 0.1) is 50.3 Å². The van der Waals surface area contributed by atoms with Gasteiger partial charge in [-0.15, -0.1) is 0 Å². The van der Waals surface area contributed by atoms with E-state index in [9.17, 15) is 38.4 Å². The molecule has 2 atom stereocenters. The molecule has 0 rings (SSSR count). The maximum Gasteiger partial charge on any atom is 0.407 e. The summed E-state index contributed by atoms with van der Waals surface area (Å²) in [6.07, 6.45) is 5.33. The standard InChI is InChI=1S/C48H80N2O19Si2/c1-11-39(51)61-27-17-21-43(55)65-35-47(15-5,37-67-45(57)49-23-29-63-41(53)13-3)33-59-25-19-31-70(7,8)69-71(9,10)32-20-26-60-34-48(16-6,36-66-44(56)22-18-28-62-40(52)12-2)38-68-46(58)50-24-30-64-42(54)14-4/h11-14H,1-4,15-38H2,5-10H3,(H,49,57)(H,50,58). The number of carbonyl (C=O) groups excluding carboxylic acids is 8. The van der Waals surface area contributed by atoms with E-state index in [1.807, 2.05) is 13.8 Å². The molecular formula is C48H80N2O19Si2. The molecule has 23 heteroatoms. The summed E-state index contributed by atoms with van der Waals surface area (Å²) in [7, 11) is -4.36. The number of carbonyl (C=O) groups is 8. The average molecular weight is 1050 g/mol. The molecule has 21 nitrogen and oxygen atoms in total. The molecule has 2 unspecified atom stereocenters. The number of nitrogens with one attached hydrogen (secondary N) is 2. The minimum absolute atomic E-state index is 0.000351. The summed E-state index contributed by atoms with van der Waals surface area (Å²) in [5, 5.41) is 5.02. The van der Waals surface area contributed by atoms with E-state index in [2.05, 4.69) is 63.1 Å². The lowest BCUT2D eigenvalue weighted by atomic mass is 9.88. The Balaban J connectivity index is 5.35. The Morgan fingerprint density at radius 3 is 1.08 bits per heavy atom. The molecule has 0 spiro atoms. The van der Waals surface area contributed by atoms with E-state index in [-0.39, 0.29) is 105 Å². The zero-order valence-electron chi connectivity index (χ0n) is 42.9. The number of rotatable bonds is 42. The van der Waals surface area contributed by atoms with Crippen LogP contribution in [0.4, 0.5) is 9.59 Å². The Morgan fingerprint density at radius 1 is 0.437 bits per heavy atom. The summed E-state index contributed by atoms with van der Waals surface area (Å²) in [5.74, 6) is -3.47. The summed E-state index contributed by atoms with van der Waals surface area (Å²) in [6.45, 7) is 26.1. The van der Waals surface area contributed by atoms with Crippen LogP contribution in [0.2, 0.25) is 38.3 Å². The van der Waals surface area contributed by atoms with Gasteiger partial charge in [-0.2, -0.15) is 0 Å². The SMILES string of the molecule is C=CC(=O)OCCCC(=O)OCC(CC)(COCCC[Si](C)(C)O[Si](C)(C)CCCOCC(CC)(COC(=O)CCCOC(=O)C=C)COC(=O)NCCOC(=O)C=C)COC(=O)NCCOC(=O)C=C. The molecule has 0 fully saturated rings. The molecule has 0 aromatic carbocycles. The Kier molecular flexibility index (Phi) is 34.6. The van der Waals surface area contributed by atoms with Crippen molar-refractivity contribution in [3.05, 3.63) is 50.6 Å². The van der Waals surface area contributed by atoms with E-state index in [0.717, 1.165) is 36.4 Å². The van der Waals surface area contributed by atoms with Gasteiger partial charge in [0, 0.05) is 50.4 Å². The van der Waals surface area contributed by atoms with E-state index < -0.39 is 75.5 Å². The average Bonchev–Trinajstić information content (AvgIpc) is 3.34. The van der Waals surface area contributed by atoms with Gasteiger partial charge in [0.2, 0.25) is 0 Å². The van der Waals surface area contributed by atoms with Crippen molar-refractivity contribution in [2.75, 3.05) is 92.4 Å². The van der Waals surface area contributed by atoms with Crippen LogP contribution in [0.5, 0.6) is 0 Å². The first-order chi connectivity index (χ1) is 33.6. The van der Waals surface area contributed by atoms with Crippen LogP contribution < -0.4 is 10.6 Å². The van der Waals surface area contributed by atoms with Crippen LogP contribution in [0.1, 0.15) is 65.2 Å². The number of hydrogen-bond acceptors (Lipinski definition) is 19. The van der Waals surface area contributed by atoms with E-state index in [1.54, 1.807) is 0 Å². The highest BCUT2D eigenvalue weighted by molar-refractivity contribution is 6.84. The second-order valence-corrected chi connectivity index (χ2v) is 26.5. The van der Waals surface area contributed by atoms with Gasteiger partial charge in [-0.1, -0.05) is 40.2 Å². The van der Waals surface area contributed by atoms with Crippen molar-refractivity contribution < 1.29 is 89.8 Å². The molecule has 0 aliphatic carbocycles. The number of alkyl carbamates (subject to hydrolysis) is 2. The number of esters is 6. The molecule has 0 aliphatic heterocycles. The van der Waals surface area contributed by atoms with Gasteiger partial charge in [-0.25, -0.2) is 28.8 Å². The Bertz CT molecular complexity index is 1500. The van der Waals surface area contributed by atoms with Gasteiger partial charge < -0.3 is 62.1 Å². The fraction of sp³-hybridized carbons (Fsp3) is 0.667. The molecule has 0 aromatic heterocycles. The minimum atomic E-state index is -2.18. The normalized spacial score (nSPS) is 12.8. The molecule has 2 N–H and O–H groups in total. The molecule has 2 amide bonds. The highest BCUT2D eigenvalue weighted by atomic mass is 28.4. The molecule has 0 saturated heterocycles. The van der Waals surface area contributed by atoms with Crippen molar-refractivity contribution in [1.82, 2.24) is 10.6 Å². The monoisotopic (exact) mass is 1040 g/mol. The van der Waals surface area contributed by atoms with Crippen molar-refractivity contribution in [2.45, 2.75) is 103 Å². The van der Waals surface area contributed by atoms with Crippen molar-refractivity contribution in [3.63, 3.8) is 0 Å². The second kappa shape index (κ2) is 37.4. The molecular weight excluding hydrogens is 965 g/mol. The van der Waals surface area contributed by atoms with Gasteiger partial charge in [0.25, 0.3) is 0 Å². The van der Waals surface area contributed by atoms with Crippen LogP contribution in [0.25, 0.3) is 0 Å². The number of ether oxygens (including phenoxy) is 10. The zero-order valence-corrected chi connectivity index (χ0v) is 44.9. The van der Waals surface area contributed by atoms with Gasteiger partial charge in [0.1, 0.15) is 39.6 Å². The van der Waals surface area contributed by atoms with Crippen LogP contribution in [0.15, 0.2) is 50.6 Å². The lowest BCUT2D eigenvalue weighted by Gasteiger charge is -2.35. The quantitative estimate of drug-likeness (QED) is 0.0232. The molecule has 0 aromatic rings. The Morgan fingerprint density at radius 2 is 0.761 bits per heavy atom. The van der Waals surface area contributed by atoms with Gasteiger partial charge in [-0.3, -0.25) is 9.59 Å². The number of amides is 2. The number of hydrogen-bond donors (Lipinski definition) is 2. The van der Waals surface area contributed by atoms with Gasteiger partial charge in [-0.05, 0) is 76.8 Å². The van der Waals surface area contributed by atoms with Gasteiger partial charge >= 0.3 is 48.0 Å². The highest BCUT2D eigenvalue weighted by Crippen LogP contribution is 2.28. The third-order valence-corrected chi connectivity index (χ3v) is 18.1. The van der Waals surface area contributed by atoms with Crippen LogP contribution in [0, 0.1) is 10.8 Å². The first kappa shape index (κ1) is 65.6. The van der Waals surface area contributed by atoms with E-state index in [4.69, 9.17) is 51.5 Å². The maximum absolute atomic E-state index is 12.6. The molecule has 0 bridgehead atoms. The smallest absolute Gasteiger partial charge is 0.407 e. The summed E-state index contributed by atoms with van der Waals surface area (Å²) < 4.78 is 60.9. The molecule has 0 heterocycles. The topological polar surface area (TPSA) is 262 Å². The van der Waals surface area contributed by atoms with Crippen LogP contribution in [-0.4, -0.2) is 157 Å². The first-order valence-corrected chi connectivity index (χ1v) is 30.0. The minimum Gasteiger partial charge on any atom is -0.465 e. The molecule has 0 radical (unpaired) electrons. The van der Waals surface area contributed by atoms with E-state index in [1.165, 1.54) is 0 Å². The van der Waals surface area contributed by atoms with Crippen molar-refractivity contribution in [2.24, 2.45) is 10.8 Å². The lowest BCUT2D eigenvalue weighted by molar-refractivity contribution is -0.152. The maximum atomic E-state index is 12.6. The predicted octanol–water partition coefficient (Wildman–Crippen LogP) is 6.04. The fourth-order valence-corrected chi connectivity index (χ4v) is 15.1. The molecule has 0 aliphatic rings. The van der Waals surface area contributed by atoms with E-state index in [0.29, 0.717) is 38.9 Å². The summed E-state index contributed by atoms with van der Waals surface area (Å²) in [5.41, 5.74) is -1.76. The first-order valence-electron chi connectivity index (χ1n) is 23.8. The van der Waals surface area contributed by atoms with Crippen LogP contribution >= 0.6 is 0 Å². The largest absolute Gasteiger partial charge is 0.465 e. The molecule has 0 saturated carbocycles. The second-order valence-electron chi connectivity index (χ2n) is 17.7. The lowest BCUT2D eigenvalue weighted by Crippen LogP contribution is -2.44. The molecule has 404 valence electrons. The third-order valence-electron chi connectivity index (χ3n) is 10.5. The Labute approximate surface area is 421 Å². The highest BCUT2D eigenvalue weighted by Gasteiger charge is 2.36. The van der Waals surface area contributed by atoms with E-state index >= 15 is 0 Å². The summed E-state index contributed by atoms with van der Waals surface area (Å²) >= 11 is 0. The molecule has 71 heavy (non-hydrogen) atoms. The van der Waals surface area contributed by atoms with Crippen molar-refractivity contribution >= 4 is 64.6 Å². The van der Waals surface area contributed by atoms with Crippen LogP contribution in [0.3, 0.4) is 0 Å². The fourth-order valence-electron chi connectivity index (χ4n) is 6.26. The van der Waals surface area contributed by atoms with Gasteiger partial charge in [0.15, 0.2) is 16.6 Å². The van der Waals surface area contributed by atoms with Crippen molar-refractivity contribution in [1.29, 1.82) is 0 Å². The third kappa shape index (κ3) is 33.8. The van der Waals surface area contributed by atoms with Crippen LogP contribution in [-0.2, 0) is 80.3 Å². The summed E-state index contributed by atoms with van der Waals surface area (Å²) in [4.78, 5) is 95.4. The predicted molar refractivity (Wildman–Crippen MR) is 266 cm³/mol. The Hall–Kier alpha value is -5.37. The summed E-state index contributed by atoms with van der Waals surface area (Å²) in [6, 6.07) is 1.59. The zero-order chi connectivity index (χ0) is 53.6. The van der Waals surface area contributed by atoms with Crippen molar-refractivity contribution in [3.8, 4) is 0 Å².